The first-order valence-electron chi connectivity index (χ1n) is 5.49. The molecule has 2 aliphatic rings. The highest BCUT2D eigenvalue weighted by atomic mass is 16.6. The van der Waals surface area contributed by atoms with Gasteiger partial charge in [-0.3, -0.25) is 4.90 Å². The van der Waals surface area contributed by atoms with Crippen molar-refractivity contribution in [3.8, 4) is 5.75 Å². The van der Waals surface area contributed by atoms with Crippen LogP contribution in [0.25, 0.3) is 0 Å². The van der Waals surface area contributed by atoms with E-state index in [1.165, 1.54) is 4.90 Å². The molecule has 1 amide bonds. The van der Waals surface area contributed by atoms with Gasteiger partial charge < -0.3 is 9.84 Å². The van der Waals surface area contributed by atoms with Crippen LogP contribution in [0.1, 0.15) is 19.3 Å². The Morgan fingerprint density at radius 1 is 1.31 bits per heavy atom. The number of hydrogen-bond donors (Lipinski definition) is 1. The fourth-order valence-corrected chi connectivity index (χ4v) is 2.33. The number of anilines is 1. The lowest BCUT2D eigenvalue weighted by molar-refractivity contribution is -0.00649. The zero-order chi connectivity index (χ0) is 11.2. The summed E-state index contributed by atoms with van der Waals surface area (Å²) in [5.41, 5.74) is 0.260. The molecule has 3 rings (SSSR count). The molecule has 1 saturated carbocycles. The Kier molecular flexibility index (Phi) is 1.87. The number of rotatable bonds is 1. The zero-order valence-corrected chi connectivity index (χ0v) is 8.85. The number of benzene rings is 1. The van der Waals surface area contributed by atoms with Gasteiger partial charge in [0, 0.05) is 0 Å². The number of hydrogen-bond acceptors (Lipinski definition) is 3. The fourth-order valence-electron chi connectivity index (χ4n) is 2.33. The normalized spacial score (nSPS) is 22.0. The molecule has 4 heteroatoms. The molecular weight excluding hydrogens is 206 g/mol. The van der Waals surface area contributed by atoms with Crippen LogP contribution in [-0.4, -0.2) is 23.3 Å². The van der Waals surface area contributed by atoms with Gasteiger partial charge in [0.1, 0.15) is 11.4 Å². The second-order valence-corrected chi connectivity index (χ2v) is 4.48. The Balaban J connectivity index is 1.91. The molecule has 1 spiro atoms. The summed E-state index contributed by atoms with van der Waals surface area (Å²) in [5.74, 6) is 0.121. The maximum Gasteiger partial charge on any atom is 0.415 e. The third-order valence-corrected chi connectivity index (χ3v) is 3.41. The SMILES string of the molecule is O=C1OC2(CCC2)CN1c1ccccc1O. The lowest BCUT2D eigenvalue weighted by atomic mass is 9.80. The topological polar surface area (TPSA) is 49.8 Å². The van der Waals surface area contributed by atoms with Crippen LogP contribution in [0.2, 0.25) is 0 Å². The van der Waals surface area contributed by atoms with Crippen molar-refractivity contribution in [2.75, 3.05) is 11.4 Å². The predicted molar refractivity (Wildman–Crippen MR) is 58.5 cm³/mol. The summed E-state index contributed by atoms with van der Waals surface area (Å²) in [6, 6.07) is 6.84. The van der Waals surface area contributed by atoms with Crippen molar-refractivity contribution in [3.63, 3.8) is 0 Å². The van der Waals surface area contributed by atoms with Gasteiger partial charge in [0.05, 0.1) is 12.2 Å². The number of amides is 1. The van der Waals surface area contributed by atoms with E-state index >= 15 is 0 Å². The van der Waals surface area contributed by atoms with Gasteiger partial charge in [-0.25, -0.2) is 4.79 Å². The minimum absolute atomic E-state index is 0.121. The van der Waals surface area contributed by atoms with Crippen molar-refractivity contribution >= 4 is 11.8 Å². The molecule has 0 bridgehead atoms. The van der Waals surface area contributed by atoms with E-state index in [-0.39, 0.29) is 17.4 Å². The lowest BCUT2D eigenvalue weighted by Crippen LogP contribution is -2.41. The van der Waals surface area contributed by atoms with Gasteiger partial charge in [0.25, 0.3) is 0 Å². The minimum atomic E-state index is -0.346. The van der Waals surface area contributed by atoms with Gasteiger partial charge in [0.15, 0.2) is 0 Å². The van der Waals surface area contributed by atoms with Crippen molar-refractivity contribution in [2.24, 2.45) is 0 Å². The lowest BCUT2D eigenvalue weighted by Gasteiger charge is -2.35. The van der Waals surface area contributed by atoms with Gasteiger partial charge >= 0.3 is 6.09 Å². The molecule has 1 aromatic carbocycles. The van der Waals surface area contributed by atoms with E-state index in [0.29, 0.717) is 12.2 Å². The number of carbonyl (C=O) groups excluding carboxylic acids is 1. The number of carbonyl (C=O) groups is 1. The molecule has 4 nitrogen and oxygen atoms in total. The van der Waals surface area contributed by atoms with Crippen molar-refractivity contribution in [2.45, 2.75) is 24.9 Å². The van der Waals surface area contributed by atoms with E-state index in [1.807, 2.05) is 0 Å². The van der Waals surface area contributed by atoms with Gasteiger partial charge in [0.2, 0.25) is 0 Å². The number of ether oxygens (including phenoxy) is 1. The second-order valence-electron chi connectivity index (χ2n) is 4.48. The Labute approximate surface area is 93.4 Å². The van der Waals surface area contributed by atoms with E-state index in [2.05, 4.69) is 0 Å². The first-order valence-corrected chi connectivity index (χ1v) is 5.49. The average molecular weight is 219 g/mol. The Morgan fingerprint density at radius 3 is 2.62 bits per heavy atom. The number of para-hydroxylation sites is 2. The predicted octanol–water partition coefficient (Wildman–Crippen LogP) is 2.27. The van der Waals surface area contributed by atoms with E-state index in [4.69, 9.17) is 4.74 Å². The zero-order valence-electron chi connectivity index (χ0n) is 8.85. The van der Waals surface area contributed by atoms with Crippen LogP contribution in [-0.2, 0) is 4.74 Å². The summed E-state index contributed by atoms with van der Waals surface area (Å²) in [5, 5.41) is 9.70. The average Bonchev–Trinajstić information content (AvgIpc) is 2.57. The van der Waals surface area contributed by atoms with Crippen LogP contribution in [0, 0.1) is 0 Å². The monoisotopic (exact) mass is 219 g/mol. The first kappa shape index (κ1) is 9.51. The number of phenols is 1. The van der Waals surface area contributed by atoms with E-state index in [0.717, 1.165) is 19.3 Å². The maximum atomic E-state index is 11.7. The molecule has 1 aromatic rings. The third-order valence-electron chi connectivity index (χ3n) is 3.41. The van der Waals surface area contributed by atoms with Crippen molar-refractivity contribution in [3.05, 3.63) is 24.3 Å². The van der Waals surface area contributed by atoms with Gasteiger partial charge in [-0.2, -0.15) is 0 Å². The van der Waals surface area contributed by atoms with E-state index < -0.39 is 0 Å². The molecule has 1 aliphatic carbocycles. The highest BCUT2D eigenvalue weighted by Crippen LogP contribution is 2.43. The largest absolute Gasteiger partial charge is 0.506 e. The van der Waals surface area contributed by atoms with Crippen LogP contribution >= 0.6 is 0 Å². The Bertz CT molecular complexity index is 440. The van der Waals surface area contributed by atoms with Crippen LogP contribution < -0.4 is 4.90 Å². The molecule has 0 unspecified atom stereocenters. The van der Waals surface area contributed by atoms with Crippen LogP contribution in [0.3, 0.4) is 0 Å². The Hall–Kier alpha value is -1.71. The molecule has 0 atom stereocenters. The molecule has 1 aliphatic heterocycles. The Morgan fingerprint density at radius 2 is 2.06 bits per heavy atom. The summed E-state index contributed by atoms with van der Waals surface area (Å²) in [7, 11) is 0. The summed E-state index contributed by atoms with van der Waals surface area (Å²) in [6.07, 6.45) is 2.63. The molecule has 0 aromatic heterocycles. The van der Waals surface area contributed by atoms with Crippen molar-refractivity contribution in [1.82, 2.24) is 0 Å². The van der Waals surface area contributed by atoms with E-state index in [1.54, 1.807) is 24.3 Å². The quantitative estimate of drug-likeness (QED) is 0.788. The molecule has 1 saturated heterocycles. The number of phenolic OH excluding ortho intramolecular Hbond substituents is 1. The minimum Gasteiger partial charge on any atom is -0.506 e. The highest BCUT2D eigenvalue weighted by molar-refractivity contribution is 5.92. The summed E-state index contributed by atoms with van der Waals surface area (Å²) in [6.45, 7) is 0.559. The molecule has 2 fully saturated rings. The van der Waals surface area contributed by atoms with Crippen molar-refractivity contribution in [1.29, 1.82) is 0 Å². The summed E-state index contributed by atoms with van der Waals surface area (Å²) in [4.78, 5) is 13.3. The molecular formula is C12H13NO3. The number of aromatic hydroxyl groups is 1. The standard InChI is InChI=1S/C12H13NO3/c14-10-5-2-1-4-9(10)13-8-12(6-3-7-12)16-11(13)15/h1-2,4-5,14H,3,6-8H2. The van der Waals surface area contributed by atoms with Crippen LogP contribution in [0.15, 0.2) is 24.3 Å². The van der Waals surface area contributed by atoms with E-state index in [9.17, 15) is 9.90 Å². The molecule has 0 radical (unpaired) electrons. The fraction of sp³-hybridized carbons (Fsp3) is 0.417. The highest BCUT2D eigenvalue weighted by Gasteiger charge is 2.50. The first-order chi connectivity index (χ1) is 7.70. The summed E-state index contributed by atoms with van der Waals surface area (Å²) >= 11 is 0. The smallest absolute Gasteiger partial charge is 0.415 e. The van der Waals surface area contributed by atoms with Crippen molar-refractivity contribution < 1.29 is 14.6 Å². The molecule has 16 heavy (non-hydrogen) atoms. The van der Waals surface area contributed by atoms with Crippen LogP contribution in [0.4, 0.5) is 10.5 Å². The summed E-state index contributed by atoms with van der Waals surface area (Å²) < 4.78 is 5.38. The molecule has 1 N–H and O–H groups in total. The third kappa shape index (κ3) is 1.26. The van der Waals surface area contributed by atoms with Gasteiger partial charge in [-0.05, 0) is 31.4 Å². The van der Waals surface area contributed by atoms with Gasteiger partial charge in [-0.1, -0.05) is 12.1 Å². The maximum absolute atomic E-state index is 11.7. The van der Waals surface area contributed by atoms with Gasteiger partial charge in [-0.15, -0.1) is 0 Å². The number of nitrogens with zero attached hydrogens (tertiary/aromatic N) is 1. The second kappa shape index (κ2) is 3.14. The molecule has 84 valence electrons. The molecule has 1 heterocycles. The van der Waals surface area contributed by atoms with Crippen LogP contribution in [0.5, 0.6) is 5.75 Å².